The number of anilines is 1. The van der Waals surface area contributed by atoms with Crippen LogP contribution in [0.5, 0.6) is 0 Å². The zero-order chi connectivity index (χ0) is 13.2. The summed E-state index contributed by atoms with van der Waals surface area (Å²) in [5.41, 5.74) is 2.52. The summed E-state index contributed by atoms with van der Waals surface area (Å²) < 4.78 is 6.65. The largest absolute Gasteiger partial charge is 0.419 e. The Kier molecular flexibility index (Phi) is 3.29. The molecule has 0 unspecified atom stereocenters. The molecule has 5 nitrogen and oxygen atoms in total. The number of benzene rings is 1. The van der Waals surface area contributed by atoms with Crippen molar-refractivity contribution in [2.75, 3.05) is 25.0 Å². The number of hydrogen-bond acceptors (Lipinski definition) is 4. The molecule has 1 aliphatic rings. The Morgan fingerprint density at radius 2 is 2.21 bits per heavy atom. The van der Waals surface area contributed by atoms with Crippen molar-refractivity contribution in [1.29, 1.82) is 0 Å². The fourth-order valence-electron chi connectivity index (χ4n) is 2.58. The number of fused-ring (bicyclic) bond motifs is 1. The third-order valence-electron chi connectivity index (χ3n) is 3.85. The van der Waals surface area contributed by atoms with E-state index in [9.17, 15) is 4.79 Å². The molecule has 5 heteroatoms. The Balaban J connectivity index is 1.74. The highest BCUT2D eigenvalue weighted by molar-refractivity contribution is 5.77. The molecule has 2 N–H and O–H groups in total. The molecule has 2 aromatic rings. The summed E-state index contributed by atoms with van der Waals surface area (Å²) in [5.74, 6) is 0.413. The van der Waals surface area contributed by atoms with E-state index in [4.69, 9.17) is 4.42 Å². The van der Waals surface area contributed by atoms with Crippen LogP contribution in [0.1, 0.15) is 12.8 Å². The molecule has 0 amide bonds. The van der Waals surface area contributed by atoms with E-state index in [1.54, 1.807) is 7.05 Å². The number of aromatic nitrogens is 1. The molecule has 0 saturated carbocycles. The highest BCUT2D eigenvalue weighted by Gasteiger charge is 2.13. The number of aryl methyl sites for hydroxylation is 1. The van der Waals surface area contributed by atoms with Crippen molar-refractivity contribution >= 4 is 16.8 Å². The van der Waals surface area contributed by atoms with E-state index in [0.29, 0.717) is 5.58 Å². The molecule has 1 aromatic carbocycles. The predicted molar refractivity (Wildman–Crippen MR) is 75.5 cm³/mol. The van der Waals surface area contributed by atoms with Gasteiger partial charge in [0, 0.05) is 19.3 Å². The first-order valence-corrected chi connectivity index (χ1v) is 6.78. The molecular weight excluding hydrogens is 242 g/mol. The second-order valence-corrected chi connectivity index (χ2v) is 5.18. The summed E-state index contributed by atoms with van der Waals surface area (Å²) in [6, 6.07) is 5.79. The van der Waals surface area contributed by atoms with E-state index in [2.05, 4.69) is 10.6 Å². The van der Waals surface area contributed by atoms with Gasteiger partial charge in [-0.1, -0.05) is 0 Å². The van der Waals surface area contributed by atoms with E-state index in [0.717, 1.165) is 36.8 Å². The normalized spacial score (nSPS) is 16.9. The standard InChI is InChI=1S/C14H19N3O2/c1-17-12-8-11(2-3-13(12)19-14(17)18)16-9-10-4-6-15-7-5-10/h2-3,8,10,15-16H,4-7,9H2,1H3. The molecular formula is C14H19N3O2. The van der Waals surface area contributed by atoms with Gasteiger partial charge in [-0.3, -0.25) is 4.57 Å². The molecule has 1 aliphatic heterocycles. The lowest BCUT2D eigenvalue weighted by atomic mass is 9.98. The van der Waals surface area contributed by atoms with Gasteiger partial charge in [0.2, 0.25) is 0 Å². The van der Waals surface area contributed by atoms with E-state index < -0.39 is 0 Å². The van der Waals surface area contributed by atoms with Crippen molar-refractivity contribution in [1.82, 2.24) is 9.88 Å². The second-order valence-electron chi connectivity index (χ2n) is 5.18. The summed E-state index contributed by atoms with van der Waals surface area (Å²) in [4.78, 5) is 11.4. The monoisotopic (exact) mass is 261 g/mol. The van der Waals surface area contributed by atoms with Gasteiger partial charge in [0.1, 0.15) is 0 Å². The lowest BCUT2D eigenvalue weighted by Gasteiger charge is -2.23. The average Bonchev–Trinajstić information content (AvgIpc) is 2.73. The van der Waals surface area contributed by atoms with Crippen LogP contribution in [0.2, 0.25) is 0 Å². The van der Waals surface area contributed by atoms with Crippen LogP contribution in [0.15, 0.2) is 27.4 Å². The molecule has 0 aliphatic carbocycles. The summed E-state index contributed by atoms with van der Waals surface area (Å²) in [6.45, 7) is 3.21. The smallest absolute Gasteiger partial charge is 0.408 e. The lowest BCUT2D eigenvalue weighted by Crippen LogP contribution is -2.31. The van der Waals surface area contributed by atoms with E-state index in [-0.39, 0.29) is 5.76 Å². The fraction of sp³-hybridized carbons (Fsp3) is 0.500. The van der Waals surface area contributed by atoms with Crippen LogP contribution in [0.4, 0.5) is 5.69 Å². The molecule has 2 heterocycles. The minimum atomic E-state index is -0.314. The van der Waals surface area contributed by atoms with Crippen LogP contribution in [0.25, 0.3) is 11.1 Å². The molecule has 0 radical (unpaired) electrons. The van der Waals surface area contributed by atoms with Crippen LogP contribution >= 0.6 is 0 Å². The summed E-state index contributed by atoms with van der Waals surface area (Å²) >= 11 is 0. The Morgan fingerprint density at radius 3 is 3.00 bits per heavy atom. The van der Waals surface area contributed by atoms with Gasteiger partial charge in [0.15, 0.2) is 5.58 Å². The number of hydrogen-bond donors (Lipinski definition) is 2. The Bertz CT molecular complexity index is 623. The third-order valence-corrected chi connectivity index (χ3v) is 3.85. The Morgan fingerprint density at radius 1 is 1.42 bits per heavy atom. The van der Waals surface area contributed by atoms with Crippen molar-refractivity contribution < 1.29 is 4.42 Å². The van der Waals surface area contributed by atoms with Gasteiger partial charge in [0.05, 0.1) is 5.52 Å². The maximum Gasteiger partial charge on any atom is 0.419 e. The van der Waals surface area contributed by atoms with Crippen LogP contribution in [0, 0.1) is 5.92 Å². The van der Waals surface area contributed by atoms with Crippen molar-refractivity contribution in [2.24, 2.45) is 13.0 Å². The first kappa shape index (κ1) is 12.3. The average molecular weight is 261 g/mol. The molecule has 19 heavy (non-hydrogen) atoms. The zero-order valence-corrected chi connectivity index (χ0v) is 11.1. The van der Waals surface area contributed by atoms with Gasteiger partial charge >= 0.3 is 5.76 Å². The predicted octanol–water partition coefficient (Wildman–Crippen LogP) is 1.54. The van der Waals surface area contributed by atoms with Crippen LogP contribution in [-0.2, 0) is 7.05 Å². The first-order chi connectivity index (χ1) is 9.24. The quantitative estimate of drug-likeness (QED) is 0.880. The van der Waals surface area contributed by atoms with Crippen LogP contribution in [-0.4, -0.2) is 24.2 Å². The van der Waals surface area contributed by atoms with E-state index in [1.165, 1.54) is 17.4 Å². The maximum absolute atomic E-state index is 11.4. The van der Waals surface area contributed by atoms with Crippen molar-refractivity contribution in [3.63, 3.8) is 0 Å². The van der Waals surface area contributed by atoms with E-state index >= 15 is 0 Å². The molecule has 1 aromatic heterocycles. The number of piperidine rings is 1. The number of nitrogens with zero attached hydrogens (tertiary/aromatic N) is 1. The van der Waals surface area contributed by atoms with Gasteiger partial charge < -0.3 is 15.1 Å². The van der Waals surface area contributed by atoms with Gasteiger partial charge in [-0.25, -0.2) is 4.79 Å². The Hall–Kier alpha value is -1.75. The van der Waals surface area contributed by atoms with Gasteiger partial charge in [0.25, 0.3) is 0 Å². The molecule has 1 fully saturated rings. The molecule has 1 saturated heterocycles. The number of nitrogens with one attached hydrogen (secondary N) is 2. The summed E-state index contributed by atoms with van der Waals surface area (Å²) in [6.07, 6.45) is 2.44. The number of rotatable bonds is 3. The van der Waals surface area contributed by atoms with Crippen molar-refractivity contribution in [3.8, 4) is 0 Å². The fourth-order valence-corrected chi connectivity index (χ4v) is 2.58. The minimum Gasteiger partial charge on any atom is -0.408 e. The van der Waals surface area contributed by atoms with Gasteiger partial charge in [-0.05, 0) is 50.0 Å². The van der Waals surface area contributed by atoms with Crippen molar-refractivity contribution in [2.45, 2.75) is 12.8 Å². The maximum atomic E-state index is 11.4. The Labute approximate surface area is 111 Å². The summed E-state index contributed by atoms with van der Waals surface area (Å²) in [7, 11) is 1.73. The SMILES string of the molecule is Cn1c(=O)oc2ccc(NCC3CCNCC3)cc21. The minimum absolute atomic E-state index is 0.314. The topological polar surface area (TPSA) is 59.2 Å². The van der Waals surface area contributed by atoms with Gasteiger partial charge in [-0.15, -0.1) is 0 Å². The third kappa shape index (κ3) is 2.51. The molecule has 0 atom stereocenters. The second kappa shape index (κ2) is 5.09. The molecule has 0 spiro atoms. The molecule has 102 valence electrons. The highest BCUT2D eigenvalue weighted by atomic mass is 16.4. The first-order valence-electron chi connectivity index (χ1n) is 6.78. The van der Waals surface area contributed by atoms with Gasteiger partial charge in [-0.2, -0.15) is 0 Å². The van der Waals surface area contributed by atoms with Crippen LogP contribution < -0.4 is 16.4 Å². The molecule has 0 bridgehead atoms. The summed E-state index contributed by atoms with van der Waals surface area (Å²) in [5, 5.41) is 6.83. The zero-order valence-electron chi connectivity index (χ0n) is 11.1. The lowest BCUT2D eigenvalue weighted by molar-refractivity contribution is 0.390. The molecule has 3 rings (SSSR count). The van der Waals surface area contributed by atoms with Crippen LogP contribution in [0.3, 0.4) is 0 Å². The van der Waals surface area contributed by atoms with E-state index in [1.807, 2.05) is 18.2 Å². The number of oxazole rings is 1. The highest BCUT2D eigenvalue weighted by Crippen LogP contribution is 2.19. The van der Waals surface area contributed by atoms with Crippen molar-refractivity contribution in [3.05, 3.63) is 28.7 Å².